The molecule has 0 amide bonds. The van der Waals surface area contributed by atoms with Crippen LogP contribution >= 0.6 is 24.0 Å². The van der Waals surface area contributed by atoms with E-state index in [1.54, 1.807) is 7.05 Å². The molecule has 2 rings (SSSR count). The number of nitrogens with zero attached hydrogens (tertiary/aromatic N) is 4. The second-order valence-electron chi connectivity index (χ2n) is 7.18. The van der Waals surface area contributed by atoms with Gasteiger partial charge in [-0.3, -0.25) is 9.67 Å². The summed E-state index contributed by atoms with van der Waals surface area (Å²) in [5.74, 6) is 0.701. The monoisotopic (exact) mass is 566 g/mol. The van der Waals surface area contributed by atoms with Crippen LogP contribution in [0.15, 0.2) is 11.1 Å². The lowest BCUT2D eigenvalue weighted by molar-refractivity contribution is -0.0496. The Hall–Kier alpha value is -1.09. The Kier molecular flexibility index (Phi) is 10.3. The molecule has 0 spiro atoms. The smallest absolute Gasteiger partial charge is 0.356 e. The first kappa shape index (κ1) is 26.9. The summed E-state index contributed by atoms with van der Waals surface area (Å²) in [6, 6.07) is 2.03. The first-order chi connectivity index (χ1) is 13.5. The topological polar surface area (TPSA) is 91.6 Å². The zero-order chi connectivity index (χ0) is 21.7. The summed E-state index contributed by atoms with van der Waals surface area (Å²) >= 11 is 0. The van der Waals surface area contributed by atoms with Gasteiger partial charge in [-0.25, -0.2) is 8.42 Å². The van der Waals surface area contributed by atoms with Crippen LogP contribution < -0.4 is 10.6 Å². The molecule has 0 aromatic carbocycles. The van der Waals surface area contributed by atoms with E-state index < -0.39 is 15.5 Å². The van der Waals surface area contributed by atoms with Gasteiger partial charge in [-0.15, -0.1) is 24.0 Å². The van der Waals surface area contributed by atoms with Crippen molar-refractivity contribution in [1.29, 1.82) is 0 Å². The van der Waals surface area contributed by atoms with Crippen molar-refractivity contribution in [3.05, 3.63) is 17.5 Å². The van der Waals surface area contributed by atoms with Gasteiger partial charge in [-0.1, -0.05) is 0 Å². The molecule has 30 heavy (non-hydrogen) atoms. The Bertz CT molecular complexity index is 805. The second-order valence-corrected chi connectivity index (χ2v) is 9.11. The van der Waals surface area contributed by atoms with Crippen LogP contribution in [-0.4, -0.2) is 67.2 Å². The van der Waals surface area contributed by atoms with Crippen molar-refractivity contribution in [2.45, 2.75) is 45.2 Å². The van der Waals surface area contributed by atoms with E-state index in [0.29, 0.717) is 36.2 Å². The van der Waals surface area contributed by atoms with Gasteiger partial charge in [0.2, 0.25) is 0 Å². The summed E-state index contributed by atoms with van der Waals surface area (Å²) in [5, 5.41) is 10.8. The number of hydrogen-bond acceptors (Lipinski definition) is 4. The first-order valence-electron chi connectivity index (χ1n) is 9.56. The van der Waals surface area contributed by atoms with Gasteiger partial charge in [0.05, 0.1) is 5.69 Å². The van der Waals surface area contributed by atoms with E-state index in [-0.39, 0.29) is 43.0 Å². The third-order valence-electron chi connectivity index (χ3n) is 4.93. The van der Waals surface area contributed by atoms with Crippen LogP contribution in [0.4, 0.5) is 13.2 Å². The maximum Gasteiger partial charge on any atom is 0.511 e. The molecular formula is C17H30F3IN6O2S. The first-order valence-corrected chi connectivity index (χ1v) is 11.0. The lowest BCUT2D eigenvalue weighted by atomic mass is 9.98. The Morgan fingerprint density at radius 3 is 2.40 bits per heavy atom. The molecule has 1 aliphatic rings. The molecule has 1 saturated heterocycles. The van der Waals surface area contributed by atoms with Crippen LogP contribution in [0, 0.1) is 19.8 Å². The average molecular weight is 566 g/mol. The molecule has 1 aromatic rings. The van der Waals surface area contributed by atoms with Gasteiger partial charge in [-0.05, 0) is 45.1 Å². The van der Waals surface area contributed by atoms with Crippen LogP contribution in [0.5, 0.6) is 0 Å². The van der Waals surface area contributed by atoms with Gasteiger partial charge in [0, 0.05) is 45.5 Å². The lowest BCUT2D eigenvalue weighted by Crippen LogP contribution is -2.47. The number of guanidine groups is 1. The largest absolute Gasteiger partial charge is 0.511 e. The van der Waals surface area contributed by atoms with Gasteiger partial charge in [0.1, 0.15) is 0 Å². The number of rotatable bonds is 7. The van der Waals surface area contributed by atoms with Gasteiger partial charge in [0.15, 0.2) is 5.96 Å². The van der Waals surface area contributed by atoms with Gasteiger partial charge < -0.3 is 10.6 Å². The number of piperidine rings is 1. The third-order valence-corrected chi connectivity index (χ3v) is 6.56. The highest BCUT2D eigenvalue weighted by molar-refractivity contribution is 14.0. The fourth-order valence-corrected chi connectivity index (χ4v) is 4.28. The second kappa shape index (κ2) is 11.5. The average Bonchev–Trinajstić information content (AvgIpc) is 2.97. The fourth-order valence-electron chi connectivity index (χ4n) is 3.30. The normalized spacial score (nSPS) is 16.9. The molecule has 0 atom stereocenters. The Morgan fingerprint density at radius 2 is 1.90 bits per heavy atom. The summed E-state index contributed by atoms with van der Waals surface area (Å²) < 4.78 is 63.2. The third kappa shape index (κ3) is 7.25. The molecular weight excluding hydrogens is 536 g/mol. The summed E-state index contributed by atoms with van der Waals surface area (Å²) in [5.41, 5.74) is -3.14. The molecule has 0 radical (unpaired) electrons. The molecule has 1 aliphatic heterocycles. The van der Waals surface area contributed by atoms with E-state index in [2.05, 4.69) is 20.7 Å². The maximum atomic E-state index is 12.6. The SMILES string of the molecule is CN=C(NCCCn1nc(C)cc1C)NCC1CCN(S(=O)(=O)C(F)(F)F)CC1.I. The minimum absolute atomic E-state index is 0. The molecule has 0 unspecified atom stereocenters. The highest BCUT2D eigenvalue weighted by Gasteiger charge is 2.50. The van der Waals surface area contributed by atoms with E-state index in [4.69, 9.17) is 0 Å². The number of alkyl halides is 3. The van der Waals surface area contributed by atoms with Crippen molar-refractivity contribution in [3.63, 3.8) is 0 Å². The number of aliphatic imine (C=N–C) groups is 1. The summed E-state index contributed by atoms with van der Waals surface area (Å²) in [7, 11) is -3.58. The zero-order valence-corrected chi connectivity index (χ0v) is 20.5. The standard InChI is InChI=1S/C17H29F3N6O2S.HI/c1-13-11-14(2)26(24-13)8-4-7-22-16(21-3)23-12-15-5-9-25(10-6-15)29(27,28)17(18,19)20;/h11,15H,4-10,12H2,1-3H3,(H2,21,22,23);1H. The minimum atomic E-state index is -5.24. The van der Waals surface area contributed by atoms with Gasteiger partial charge >= 0.3 is 15.5 Å². The molecule has 0 bridgehead atoms. The Balaban J connectivity index is 0.00000450. The van der Waals surface area contributed by atoms with Gasteiger partial charge in [-0.2, -0.15) is 22.6 Å². The number of nitrogens with one attached hydrogen (secondary N) is 2. The highest BCUT2D eigenvalue weighted by Crippen LogP contribution is 2.30. The van der Waals surface area contributed by atoms with E-state index in [1.807, 2.05) is 24.6 Å². The highest BCUT2D eigenvalue weighted by atomic mass is 127. The number of aromatic nitrogens is 2. The minimum Gasteiger partial charge on any atom is -0.356 e. The van der Waals surface area contributed by atoms with E-state index in [9.17, 15) is 21.6 Å². The van der Waals surface area contributed by atoms with Gasteiger partial charge in [0.25, 0.3) is 0 Å². The molecule has 0 aliphatic carbocycles. The number of hydrogen-bond donors (Lipinski definition) is 2. The summed E-state index contributed by atoms with van der Waals surface area (Å²) in [6.07, 6.45) is 1.60. The van der Waals surface area contributed by atoms with Crippen LogP contribution in [0.2, 0.25) is 0 Å². The predicted octanol–water partition coefficient (Wildman–Crippen LogP) is 2.23. The predicted molar refractivity (Wildman–Crippen MR) is 120 cm³/mol. The molecule has 8 nitrogen and oxygen atoms in total. The van der Waals surface area contributed by atoms with E-state index in [0.717, 1.165) is 24.4 Å². The maximum absolute atomic E-state index is 12.6. The number of halogens is 4. The van der Waals surface area contributed by atoms with Crippen LogP contribution in [0.1, 0.15) is 30.7 Å². The molecule has 174 valence electrons. The molecule has 0 saturated carbocycles. The lowest BCUT2D eigenvalue weighted by Gasteiger charge is -2.31. The number of sulfonamides is 1. The van der Waals surface area contributed by atoms with E-state index in [1.165, 1.54) is 0 Å². The van der Waals surface area contributed by atoms with Crippen molar-refractivity contribution in [1.82, 2.24) is 24.7 Å². The number of aryl methyl sites for hydroxylation is 3. The van der Waals surface area contributed by atoms with Crippen molar-refractivity contribution < 1.29 is 21.6 Å². The van der Waals surface area contributed by atoms with E-state index >= 15 is 0 Å². The summed E-state index contributed by atoms with van der Waals surface area (Å²) in [4.78, 5) is 4.14. The fraction of sp³-hybridized carbons (Fsp3) is 0.765. The zero-order valence-electron chi connectivity index (χ0n) is 17.4. The summed E-state index contributed by atoms with van der Waals surface area (Å²) in [6.45, 7) is 5.73. The quantitative estimate of drug-likeness (QED) is 0.229. The van der Waals surface area contributed by atoms with Crippen molar-refractivity contribution in [3.8, 4) is 0 Å². The van der Waals surface area contributed by atoms with Crippen molar-refractivity contribution in [2.75, 3.05) is 33.2 Å². The van der Waals surface area contributed by atoms with Crippen LogP contribution in [0.3, 0.4) is 0 Å². The molecule has 1 aromatic heterocycles. The molecule has 2 N–H and O–H groups in total. The molecule has 1 fully saturated rings. The van der Waals surface area contributed by atoms with Crippen molar-refractivity contribution >= 4 is 40.0 Å². The Morgan fingerprint density at radius 1 is 1.27 bits per heavy atom. The molecule has 2 heterocycles. The van der Waals surface area contributed by atoms with Crippen LogP contribution in [-0.2, 0) is 16.6 Å². The van der Waals surface area contributed by atoms with Crippen molar-refractivity contribution in [2.24, 2.45) is 10.9 Å². The van der Waals surface area contributed by atoms with Crippen LogP contribution in [0.25, 0.3) is 0 Å². The molecule has 13 heteroatoms. The Labute approximate surface area is 192 Å².